The number of benzene rings is 1. The number of ether oxygens (including phenoxy) is 1. The summed E-state index contributed by atoms with van der Waals surface area (Å²) in [7, 11) is -3.14. The molecular formula is C13H15FN4O5S. The molecule has 0 unspecified atom stereocenters. The van der Waals surface area contributed by atoms with Crippen LogP contribution in [-0.2, 0) is 17.1 Å². The Morgan fingerprint density at radius 2 is 2.12 bits per heavy atom. The largest absolute Gasteiger partial charge is 0.494 e. The van der Waals surface area contributed by atoms with E-state index in [1.807, 2.05) is 4.72 Å². The van der Waals surface area contributed by atoms with Gasteiger partial charge in [-0.3, -0.25) is 14.8 Å². The first-order chi connectivity index (χ1) is 11.2. The Balaban J connectivity index is 2.48. The molecule has 9 nitrogen and oxygen atoms in total. The zero-order valence-corrected chi connectivity index (χ0v) is 13.9. The number of sulfonamides is 1. The first-order valence-corrected chi connectivity index (χ1v) is 8.28. The minimum atomic E-state index is -4.39. The Morgan fingerprint density at radius 1 is 1.46 bits per heavy atom. The Hall–Kier alpha value is -2.69. The Kier molecular flexibility index (Phi) is 4.73. The van der Waals surface area contributed by atoms with Gasteiger partial charge in [-0.1, -0.05) is 0 Å². The molecule has 24 heavy (non-hydrogen) atoms. The van der Waals surface area contributed by atoms with Gasteiger partial charge >= 0.3 is 0 Å². The molecule has 0 aliphatic heterocycles. The fraction of sp³-hybridized carbons (Fsp3) is 0.308. The van der Waals surface area contributed by atoms with Gasteiger partial charge in [-0.2, -0.15) is 9.49 Å². The van der Waals surface area contributed by atoms with Crippen LogP contribution < -0.4 is 9.46 Å². The van der Waals surface area contributed by atoms with Gasteiger partial charge in [0, 0.05) is 7.05 Å². The highest BCUT2D eigenvalue weighted by Gasteiger charge is 2.29. The fourth-order valence-corrected chi connectivity index (χ4v) is 3.46. The van der Waals surface area contributed by atoms with Crippen molar-refractivity contribution in [1.29, 1.82) is 0 Å². The van der Waals surface area contributed by atoms with Gasteiger partial charge in [0.1, 0.15) is 11.4 Å². The number of hydrogen-bond donors (Lipinski definition) is 1. The van der Waals surface area contributed by atoms with Crippen LogP contribution in [-0.4, -0.2) is 29.7 Å². The van der Waals surface area contributed by atoms with E-state index >= 15 is 0 Å². The number of nitro benzene ring substituents is 1. The summed E-state index contributed by atoms with van der Waals surface area (Å²) in [6.45, 7) is 3.32. The molecule has 0 aliphatic rings. The lowest BCUT2D eigenvalue weighted by Crippen LogP contribution is -2.16. The lowest BCUT2D eigenvalue weighted by molar-refractivity contribution is -0.384. The lowest BCUT2D eigenvalue weighted by Gasteiger charge is -2.09. The van der Waals surface area contributed by atoms with Crippen molar-refractivity contribution in [2.24, 2.45) is 7.05 Å². The monoisotopic (exact) mass is 358 g/mol. The van der Waals surface area contributed by atoms with E-state index in [9.17, 15) is 22.9 Å². The number of hydrogen-bond acceptors (Lipinski definition) is 6. The summed E-state index contributed by atoms with van der Waals surface area (Å²) in [5.41, 5.74) is -0.867. The molecule has 0 saturated heterocycles. The molecule has 0 spiro atoms. The average Bonchev–Trinajstić information content (AvgIpc) is 2.74. The first-order valence-electron chi connectivity index (χ1n) is 6.80. The minimum absolute atomic E-state index is 0.0592. The summed E-state index contributed by atoms with van der Waals surface area (Å²) in [5, 5.41) is 14.8. The van der Waals surface area contributed by atoms with Crippen molar-refractivity contribution in [2.75, 3.05) is 11.3 Å². The third kappa shape index (κ3) is 3.30. The van der Waals surface area contributed by atoms with E-state index in [1.54, 1.807) is 6.92 Å². The van der Waals surface area contributed by atoms with Crippen molar-refractivity contribution in [3.8, 4) is 5.75 Å². The highest BCUT2D eigenvalue weighted by Crippen LogP contribution is 2.31. The van der Waals surface area contributed by atoms with Crippen LogP contribution in [0.5, 0.6) is 5.75 Å². The standard InChI is InChI=1S/C13H15FN4O5S/c1-4-23-9-5-6-10(11(7-9)18(19)20)16-24(21,22)12-8(2)15-17(3)13(12)14/h5-7,16H,4H2,1-3H3. The molecule has 11 heteroatoms. The quantitative estimate of drug-likeness (QED) is 0.623. The van der Waals surface area contributed by atoms with Crippen molar-refractivity contribution in [3.05, 3.63) is 40.0 Å². The molecule has 1 N–H and O–H groups in total. The zero-order chi connectivity index (χ0) is 18.1. The van der Waals surface area contributed by atoms with Crippen molar-refractivity contribution in [2.45, 2.75) is 18.7 Å². The normalized spacial score (nSPS) is 11.3. The van der Waals surface area contributed by atoms with E-state index in [1.165, 1.54) is 26.1 Å². The van der Waals surface area contributed by atoms with Crippen LogP contribution in [0.3, 0.4) is 0 Å². The molecule has 0 saturated carbocycles. The summed E-state index contributed by atoms with van der Waals surface area (Å²) < 4.78 is 46.7. The molecule has 0 radical (unpaired) electrons. The molecule has 1 heterocycles. The second kappa shape index (κ2) is 6.43. The maximum Gasteiger partial charge on any atom is 0.297 e. The second-order valence-corrected chi connectivity index (χ2v) is 6.42. The van der Waals surface area contributed by atoms with Crippen LogP contribution in [0.2, 0.25) is 0 Å². The number of halogens is 1. The van der Waals surface area contributed by atoms with E-state index in [-0.39, 0.29) is 17.1 Å². The van der Waals surface area contributed by atoms with E-state index in [0.717, 1.165) is 10.7 Å². The van der Waals surface area contributed by atoms with E-state index in [0.29, 0.717) is 6.61 Å². The fourth-order valence-electron chi connectivity index (χ4n) is 2.12. The minimum Gasteiger partial charge on any atom is -0.494 e. The van der Waals surface area contributed by atoms with Crippen LogP contribution in [0.25, 0.3) is 0 Å². The summed E-state index contributed by atoms with van der Waals surface area (Å²) in [6.07, 6.45) is 0. The number of nitrogens with one attached hydrogen (secondary N) is 1. The van der Waals surface area contributed by atoms with E-state index < -0.39 is 31.5 Å². The van der Waals surface area contributed by atoms with Crippen molar-refractivity contribution < 1.29 is 22.5 Å². The first kappa shape index (κ1) is 17.7. The molecule has 1 aromatic carbocycles. The molecule has 0 amide bonds. The van der Waals surface area contributed by atoms with Gasteiger partial charge in [0.05, 0.1) is 23.3 Å². The van der Waals surface area contributed by atoms with Crippen molar-refractivity contribution >= 4 is 21.4 Å². The summed E-state index contributed by atoms with van der Waals surface area (Å²) >= 11 is 0. The molecule has 0 aliphatic carbocycles. The molecule has 130 valence electrons. The number of nitro groups is 1. The predicted molar refractivity (Wildman–Crippen MR) is 83.0 cm³/mol. The number of rotatable bonds is 6. The third-order valence-corrected chi connectivity index (χ3v) is 4.58. The average molecular weight is 358 g/mol. The third-order valence-electron chi connectivity index (χ3n) is 3.09. The molecule has 0 atom stereocenters. The van der Waals surface area contributed by atoms with Gasteiger partial charge < -0.3 is 4.74 Å². The topological polar surface area (TPSA) is 116 Å². The number of aromatic nitrogens is 2. The molecular weight excluding hydrogens is 343 g/mol. The highest BCUT2D eigenvalue weighted by atomic mass is 32.2. The molecule has 2 aromatic rings. The van der Waals surface area contributed by atoms with Gasteiger partial charge in [-0.25, -0.2) is 13.1 Å². The predicted octanol–water partition coefficient (Wildman–Crippen LogP) is 1.98. The summed E-state index contributed by atoms with van der Waals surface area (Å²) in [4.78, 5) is 9.75. The Bertz CT molecular complexity index is 894. The van der Waals surface area contributed by atoms with Crippen LogP contribution in [0.1, 0.15) is 12.6 Å². The molecule has 2 rings (SSSR count). The SMILES string of the molecule is CCOc1ccc(NS(=O)(=O)c2c(C)nn(C)c2F)c([N+](=O)[O-])c1. The summed E-state index contributed by atoms with van der Waals surface area (Å²) in [5.74, 6) is -0.843. The van der Waals surface area contributed by atoms with Gasteiger partial charge in [0.2, 0.25) is 5.95 Å². The summed E-state index contributed by atoms with van der Waals surface area (Å²) in [6, 6.07) is 3.65. The van der Waals surface area contributed by atoms with Gasteiger partial charge in [0.25, 0.3) is 15.7 Å². The van der Waals surface area contributed by atoms with Crippen molar-refractivity contribution in [1.82, 2.24) is 9.78 Å². The van der Waals surface area contributed by atoms with E-state index in [4.69, 9.17) is 4.74 Å². The van der Waals surface area contributed by atoms with Crippen LogP contribution in [0.4, 0.5) is 15.8 Å². The van der Waals surface area contributed by atoms with Crippen LogP contribution in [0, 0.1) is 23.0 Å². The molecule has 0 bridgehead atoms. The molecule has 1 aromatic heterocycles. The smallest absolute Gasteiger partial charge is 0.297 e. The second-order valence-electron chi connectivity index (χ2n) is 4.80. The van der Waals surface area contributed by atoms with Gasteiger partial charge in [-0.15, -0.1) is 0 Å². The van der Waals surface area contributed by atoms with Crippen LogP contribution >= 0.6 is 0 Å². The zero-order valence-electron chi connectivity index (χ0n) is 13.1. The molecule has 0 fully saturated rings. The van der Waals surface area contributed by atoms with Gasteiger partial charge in [0.15, 0.2) is 4.90 Å². The number of anilines is 1. The Labute approximate surface area is 137 Å². The Morgan fingerprint density at radius 3 is 2.62 bits per heavy atom. The maximum absolute atomic E-state index is 14.0. The number of nitrogens with zero attached hydrogens (tertiary/aromatic N) is 3. The van der Waals surface area contributed by atoms with Crippen LogP contribution in [0.15, 0.2) is 23.1 Å². The van der Waals surface area contributed by atoms with Gasteiger partial charge in [-0.05, 0) is 26.0 Å². The van der Waals surface area contributed by atoms with Crippen molar-refractivity contribution in [3.63, 3.8) is 0 Å². The van der Waals surface area contributed by atoms with E-state index in [2.05, 4.69) is 5.10 Å². The maximum atomic E-state index is 14.0. The highest BCUT2D eigenvalue weighted by molar-refractivity contribution is 7.92. The number of aryl methyl sites for hydroxylation is 2. The lowest BCUT2D eigenvalue weighted by atomic mass is 10.2.